The molecular formula is C13H21NO3S. The molecule has 0 aliphatic carbocycles. The van der Waals surface area contributed by atoms with E-state index in [4.69, 9.17) is 0 Å². The fourth-order valence-electron chi connectivity index (χ4n) is 1.91. The zero-order valence-corrected chi connectivity index (χ0v) is 11.9. The second-order valence-corrected chi connectivity index (χ2v) is 5.98. The number of aryl methyl sites for hydroxylation is 1. The lowest BCUT2D eigenvalue weighted by atomic mass is 10.2. The predicted molar refractivity (Wildman–Crippen MR) is 71.9 cm³/mol. The summed E-state index contributed by atoms with van der Waals surface area (Å²) in [7, 11) is -3.43. The molecule has 5 heteroatoms. The molecule has 2 rings (SSSR count). The van der Waals surface area contributed by atoms with Crippen molar-refractivity contribution in [3.8, 4) is 0 Å². The first-order valence-corrected chi connectivity index (χ1v) is 7.69. The summed E-state index contributed by atoms with van der Waals surface area (Å²) >= 11 is 0. The number of benzene rings is 1. The van der Waals surface area contributed by atoms with E-state index in [1.165, 1.54) is 4.31 Å². The number of nitrogens with zero attached hydrogens (tertiary/aromatic N) is 1. The molecule has 0 saturated carbocycles. The Morgan fingerprint density at radius 3 is 2.39 bits per heavy atom. The first kappa shape index (κ1) is 15.1. The van der Waals surface area contributed by atoms with Crippen LogP contribution in [0.3, 0.4) is 0 Å². The smallest absolute Gasteiger partial charge is 0.243 e. The second-order valence-electron chi connectivity index (χ2n) is 4.07. The molecular weight excluding hydrogens is 250 g/mol. The summed E-state index contributed by atoms with van der Waals surface area (Å²) in [6.07, 6.45) is -0.00994. The van der Waals surface area contributed by atoms with Crippen molar-refractivity contribution in [2.75, 3.05) is 13.1 Å². The highest BCUT2D eigenvalue weighted by Gasteiger charge is 2.32. The third kappa shape index (κ3) is 3.10. The minimum atomic E-state index is -3.43. The van der Waals surface area contributed by atoms with Crippen molar-refractivity contribution >= 4 is 10.0 Å². The van der Waals surface area contributed by atoms with Crippen molar-refractivity contribution in [2.24, 2.45) is 0 Å². The van der Waals surface area contributed by atoms with E-state index in [1.54, 1.807) is 25.1 Å². The molecule has 1 aliphatic heterocycles. The third-order valence-electron chi connectivity index (χ3n) is 2.84. The molecule has 18 heavy (non-hydrogen) atoms. The van der Waals surface area contributed by atoms with Crippen LogP contribution >= 0.6 is 0 Å². The van der Waals surface area contributed by atoms with Gasteiger partial charge in [0.15, 0.2) is 0 Å². The van der Waals surface area contributed by atoms with Crippen LogP contribution < -0.4 is 0 Å². The maximum atomic E-state index is 12.2. The fraction of sp³-hybridized carbons (Fsp3) is 0.538. The highest BCUT2D eigenvalue weighted by atomic mass is 32.2. The molecule has 0 spiro atoms. The number of β-amino-alcohol motifs (C(OH)–C–C–N with tert-alkyl or cyclic N) is 1. The minimum absolute atomic E-state index is 0.205. The summed E-state index contributed by atoms with van der Waals surface area (Å²) in [5.41, 5.74) is 0.740. The summed E-state index contributed by atoms with van der Waals surface area (Å²) in [6, 6.07) is 6.91. The Balaban J connectivity index is 0.000000771. The van der Waals surface area contributed by atoms with E-state index in [-0.39, 0.29) is 6.54 Å². The minimum Gasteiger partial charge on any atom is -0.392 e. The molecule has 1 saturated heterocycles. The Labute approximate surface area is 109 Å². The number of aliphatic hydroxyl groups excluding tert-OH is 1. The first-order chi connectivity index (χ1) is 8.51. The summed E-state index contributed by atoms with van der Waals surface area (Å²) in [5, 5.41) is 9.37. The van der Waals surface area contributed by atoms with Crippen LogP contribution in [-0.4, -0.2) is 37.0 Å². The van der Waals surface area contributed by atoms with E-state index < -0.39 is 16.1 Å². The van der Waals surface area contributed by atoms with E-state index >= 15 is 0 Å². The molecule has 1 heterocycles. The van der Waals surface area contributed by atoms with Gasteiger partial charge in [-0.1, -0.05) is 32.0 Å². The number of sulfonamides is 1. The average molecular weight is 271 g/mol. The van der Waals surface area contributed by atoms with Crippen molar-refractivity contribution in [3.05, 3.63) is 29.8 Å². The molecule has 1 aliphatic rings. The van der Waals surface area contributed by atoms with Crippen LogP contribution in [0.4, 0.5) is 0 Å². The summed E-state index contributed by atoms with van der Waals surface area (Å²) in [6.45, 7) is 6.38. The molecule has 1 aromatic rings. The Morgan fingerprint density at radius 2 is 1.89 bits per heavy atom. The van der Waals surface area contributed by atoms with Crippen LogP contribution in [-0.2, 0) is 10.0 Å². The number of aliphatic hydroxyl groups is 1. The quantitative estimate of drug-likeness (QED) is 0.892. The lowest BCUT2D eigenvalue weighted by Gasteiger charge is -2.17. The molecule has 102 valence electrons. The van der Waals surface area contributed by atoms with Crippen molar-refractivity contribution in [2.45, 2.75) is 38.2 Å². The highest BCUT2D eigenvalue weighted by Crippen LogP contribution is 2.23. The molecule has 1 atom stereocenters. The SMILES string of the molecule is CC.Cc1ccccc1S(=O)(=O)N1CCC(O)C1. The number of hydrogen-bond donors (Lipinski definition) is 1. The Bertz CT molecular complexity index is 485. The molecule has 1 aromatic carbocycles. The zero-order valence-electron chi connectivity index (χ0n) is 11.1. The van der Waals surface area contributed by atoms with Gasteiger partial charge in [-0.25, -0.2) is 8.42 Å². The van der Waals surface area contributed by atoms with Gasteiger partial charge in [0.25, 0.3) is 0 Å². The molecule has 0 radical (unpaired) electrons. The molecule has 0 aromatic heterocycles. The first-order valence-electron chi connectivity index (χ1n) is 6.25. The van der Waals surface area contributed by atoms with Gasteiger partial charge in [0.05, 0.1) is 11.0 Å². The summed E-state index contributed by atoms with van der Waals surface area (Å²) < 4.78 is 25.8. The monoisotopic (exact) mass is 271 g/mol. The van der Waals surface area contributed by atoms with E-state index in [0.29, 0.717) is 17.9 Å². The third-order valence-corrected chi connectivity index (χ3v) is 4.86. The Morgan fingerprint density at radius 1 is 1.28 bits per heavy atom. The summed E-state index contributed by atoms with van der Waals surface area (Å²) in [5.74, 6) is 0. The van der Waals surface area contributed by atoms with Crippen LogP contribution in [0.5, 0.6) is 0 Å². The van der Waals surface area contributed by atoms with Crippen LogP contribution in [0.25, 0.3) is 0 Å². The topological polar surface area (TPSA) is 57.6 Å². The molecule has 0 bridgehead atoms. The van der Waals surface area contributed by atoms with Gasteiger partial charge >= 0.3 is 0 Å². The van der Waals surface area contributed by atoms with Gasteiger partial charge in [-0.05, 0) is 25.0 Å². The fourth-order valence-corrected chi connectivity index (χ4v) is 3.63. The van der Waals surface area contributed by atoms with Gasteiger partial charge in [-0.2, -0.15) is 4.31 Å². The molecule has 4 nitrogen and oxygen atoms in total. The summed E-state index contributed by atoms with van der Waals surface area (Å²) in [4.78, 5) is 0.337. The van der Waals surface area contributed by atoms with Crippen LogP contribution in [0, 0.1) is 6.92 Å². The Kier molecular flexibility index (Phi) is 5.31. The van der Waals surface area contributed by atoms with Gasteiger partial charge in [-0.15, -0.1) is 0 Å². The largest absolute Gasteiger partial charge is 0.392 e. The Hall–Kier alpha value is -0.910. The second kappa shape index (κ2) is 6.31. The van der Waals surface area contributed by atoms with Crippen LogP contribution in [0.2, 0.25) is 0 Å². The van der Waals surface area contributed by atoms with E-state index in [9.17, 15) is 13.5 Å². The van der Waals surface area contributed by atoms with Gasteiger partial charge in [0.2, 0.25) is 10.0 Å². The van der Waals surface area contributed by atoms with Gasteiger partial charge < -0.3 is 5.11 Å². The van der Waals surface area contributed by atoms with Crippen molar-refractivity contribution < 1.29 is 13.5 Å². The van der Waals surface area contributed by atoms with Gasteiger partial charge in [-0.3, -0.25) is 0 Å². The van der Waals surface area contributed by atoms with E-state index in [2.05, 4.69) is 0 Å². The van der Waals surface area contributed by atoms with E-state index in [1.807, 2.05) is 19.9 Å². The molecule has 1 unspecified atom stereocenters. The van der Waals surface area contributed by atoms with Crippen LogP contribution in [0.15, 0.2) is 29.2 Å². The maximum absolute atomic E-state index is 12.2. The zero-order chi connectivity index (χ0) is 13.8. The van der Waals surface area contributed by atoms with Crippen molar-refractivity contribution in [3.63, 3.8) is 0 Å². The van der Waals surface area contributed by atoms with Crippen molar-refractivity contribution in [1.82, 2.24) is 4.31 Å². The molecule has 1 N–H and O–H groups in total. The molecule has 1 fully saturated rings. The number of rotatable bonds is 2. The number of hydrogen-bond acceptors (Lipinski definition) is 3. The van der Waals surface area contributed by atoms with Crippen LogP contribution in [0.1, 0.15) is 25.8 Å². The maximum Gasteiger partial charge on any atom is 0.243 e. The van der Waals surface area contributed by atoms with Crippen molar-refractivity contribution in [1.29, 1.82) is 0 Å². The lowest BCUT2D eigenvalue weighted by molar-refractivity contribution is 0.189. The standard InChI is InChI=1S/C11H15NO3S.C2H6/c1-9-4-2-3-5-11(9)16(14,15)12-7-6-10(13)8-12;1-2/h2-5,10,13H,6-8H2,1H3;1-2H3. The average Bonchev–Trinajstić information content (AvgIpc) is 2.79. The highest BCUT2D eigenvalue weighted by molar-refractivity contribution is 7.89. The molecule has 0 amide bonds. The van der Waals surface area contributed by atoms with E-state index in [0.717, 1.165) is 5.56 Å². The predicted octanol–water partition coefficient (Wildman–Crippen LogP) is 1.78. The lowest BCUT2D eigenvalue weighted by Crippen LogP contribution is -2.30. The van der Waals surface area contributed by atoms with Gasteiger partial charge in [0, 0.05) is 13.1 Å². The van der Waals surface area contributed by atoms with Gasteiger partial charge in [0.1, 0.15) is 0 Å². The normalized spacial score (nSPS) is 20.3.